The Labute approximate surface area is 191 Å². The number of aromatic nitrogens is 5. The second kappa shape index (κ2) is 9.02. The molecule has 0 spiro atoms. The van der Waals surface area contributed by atoms with Crippen molar-refractivity contribution in [2.45, 2.75) is 57.4 Å². The Bertz CT molecular complexity index is 1180. The molecule has 2 aliphatic rings. The van der Waals surface area contributed by atoms with E-state index in [1.807, 2.05) is 29.2 Å². The van der Waals surface area contributed by atoms with Gasteiger partial charge in [0.2, 0.25) is 5.91 Å². The molecule has 3 aromatic rings. The highest BCUT2D eigenvalue weighted by Crippen LogP contribution is 2.30. The number of fused-ring (bicyclic) bond motifs is 1. The molecule has 1 saturated carbocycles. The van der Waals surface area contributed by atoms with E-state index >= 15 is 0 Å². The van der Waals surface area contributed by atoms with Gasteiger partial charge >= 0.3 is 0 Å². The van der Waals surface area contributed by atoms with Gasteiger partial charge < -0.3 is 9.88 Å². The molecular formula is C23H27ClN6O2. The maximum absolute atomic E-state index is 13.1. The van der Waals surface area contributed by atoms with E-state index < -0.39 is 0 Å². The zero-order valence-corrected chi connectivity index (χ0v) is 18.7. The van der Waals surface area contributed by atoms with Crippen LogP contribution in [0.4, 0.5) is 0 Å². The first-order valence-electron chi connectivity index (χ1n) is 11.5. The maximum atomic E-state index is 13.1. The SMILES string of the molecule is O=C(C1CCCCC1)N1CCC[C@@H](c2nc3c(nnn3Cc3ccccc3Cl)c(=O)[nH]2)C1. The number of piperidine rings is 1. The van der Waals surface area contributed by atoms with E-state index in [9.17, 15) is 9.59 Å². The molecule has 168 valence electrons. The summed E-state index contributed by atoms with van der Waals surface area (Å²) in [6.45, 7) is 1.75. The number of likely N-dealkylation sites (tertiary alicyclic amines) is 1. The van der Waals surface area contributed by atoms with Crippen molar-refractivity contribution in [3.63, 3.8) is 0 Å². The molecular weight excluding hydrogens is 428 g/mol. The summed E-state index contributed by atoms with van der Waals surface area (Å²) in [6, 6.07) is 7.52. The van der Waals surface area contributed by atoms with E-state index in [0.717, 1.165) is 50.6 Å². The predicted octanol–water partition coefficient (Wildman–Crippen LogP) is 3.50. The molecule has 2 aromatic heterocycles. The van der Waals surface area contributed by atoms with E-state index in [1.165, 1.54) is 6.42 Å². The van der Waals surface area contributed by atoms with E-state index in [4.69, 9.17) is 16.6 Å². The van der Waals surface area contributed by atoms with Crippen molar-refractivity contribution in [1.82, 2.24) is 29.9 Å². The molecule has 1 atom stereocenters. The molecule has 2 fully saturated rings. The highest BCUT2D eigenvalue weighted by Gasteiger charge is 2.31. The van der Waals surface area contributed by atoms with Gasteiger partial charge in [-0.15, -0.1) is 5.10 Å². The third kappa shape index (κ3) is 4.16. The quantitative estimate of drug-likeness (QED) is 0.650. The summed E-state index contributed by atoms with van der Waals surface area (Å²) in [7, 11) is 0. The topological polar surface area (TPSA) is 96.8 Å². The molecule has 1 aliphatic carbocycles. The normalized spacial score (nSPS) is 20.0. The number of nitrogens with zero attached hydrogens (tertiary/aromatic N) is 5. The van der Waals surface area contributed by atoms with Crippen LogP contribution in [0.3, 0.4) is 0 Å². The Balaban J connectivity index is 1.40. The average molecular weight is 455 g/mol. The third-order valence-corrected chi connectivity index (χ3v) is 7.11. The second-order valence-electron chi connectivity index (χ2n) is 8.92. The Morgan fingerprint density at radius 1 is 1.12 bits per heavy atom. The number of halogens is 1. The van der Waals surface area contributed by atoms with E-state index in [2.05, 4.69) is 15.3 Å². The number of carbonyl (C=O) groups is 1. The van der Waals surface area contributed by atoms with Crippen LogP contribution in [0.25, 0.3) is 11.2 Å². The molecule has 32 heavy (non-hydrogen) atoms. The molecule has 0 unspecified atom stereocenters. The van der Waals surface area contributed by atoms with Gasteiger partial charge in [-0.3, -0.25) is 9.59 Å². The number of amides is 1. The highest BCUT2D eigenvalue weighted by atomic mass is 35.5. The number of benzene rings is 1. The van der Waals surface area contributed by atoms with Crippen molar-refractivity contribution in [3.8, 4) is 0 Å². The molecule has 5 rings (SSSR count). The minimum absolute atomic E-state index is 0.00273. The lowest BCUT2D eigenvalue weighted by Crippen LogP contribution is -2.43. The zero-order chi connectivity index (χ0) is 22.1. The van der Waals surface area contributed by atoms with E-state index in [-0.39, 0.29) is 28.8 Å². The lowest BCUT2D eigenvalue weighted by atomic mass is 9.87. The summed E-state index contributed by atoms with van der Waals surface area (Å²) < 4.78 is 1.61. The lowest BCUT2D eigenvalue weighted by Gasteiger charge is -2.35. The van der Waals surface area contributed by atoms with Crippen LogP contribution >= 0.6 is 11.6 Å². The number of rotatable bonds is 4. The number of aromatic amines is 1. The Morgan fingerprint density at radius 3 is 2.75 bits per heavy atom. The van der Waals surface area contributed by atoms with Crippen LogP contribution in [0.5, 0.6) is 0 Å². The highest BCUT2D eigenvalue weighted by molar-refractivity contribution is 6.31. The number of H-pyrrole nitrogens is 1. The molecule has 1 amide bonds. The summed E-state index contributed by atoms with van der Waals surface area (Å²) in [6.07, 6.45) is 7.29. The molecule has 1 aliphatic heterocycles. The fourth-order valence-corrected chi connectivity index (χ4v) is 5.17. The van der Waals surface area contributed by atoms with Crippen LogP contribution in [0, 0.1) is 5.92 Å². The van der Waals surface area contributed by atoms with Crippen molar-refractivity contribution in [2.24, 2.45) is 5.92 Å². The summed E-state index contributed by atoms with van der Waals surface area (Å²) in [5.74, 6) is 1.02. The number of hydrogen-bond donors (Lipinski definition) is 1. The van der Waals surface area contributed by atoms with E-state index in [0.29, 0.717) is 29.6 Å². The molecule has 8 nitrogen and oxygen atoms in total. The van der Waals surface area contributed by atoms with Crippen LogP contribution in [-0.2, 0) is 11.3 Å². The first-order chi connectivity index (χ1) is 15.6. The summed E-state index contributed by atoms with van der Waals surface area (Å²) in [4.78, 5) is 35.4. The van der Waals surface area contributed by atoms with Crippen molar-refractivity contribution in [2.75, 3.05) is 13.1 Å². The van der Waals surface area contributed by atoms with Crippen LogP contribution in [0.15, 0.2) is 29.1 Å². The fourth-order valence-electron chi connectivity index (χ4n) is 4.98. The number of nitrogens with one attached hydrogen (secondary N) is 1. The standard InChI is InChI=1S/C23H27ClN6O2/c24-18-11-5-4-9-16(18)14-30-21-19(27-28-30)22(31)26-20(25-21)17-10-6-12-29(13-17)23(32)15-7-2-1-3-8-15/h4-5,9,11,15,17H,1-3,6-8,10,12-14H2,(H,25,26,31)/t17-/m1/s1. The zero-order valence-electron chi connectivity index (χ0n) is 18.0. The van der Waals surface area contributed by atoms with Gasteiger partial charge in [0.25, 0.3) is 5.56 Å². The van der Waals surface area contributed by atoms with Crippen molar-refractivity contribution in [1.29, 1.82) is 0 Å². The summed E-state index contributed by atoms with van der Waals surface area (Å²) in [5.41, 5.74) is 1.24. The average Bonchev–Trinajstić information content (AvgIpc) is 3.24. The van der Waals surface area contributed by atoms with Crippen LogP contribution < -0.4 is 5.56 Å². The maximum Gasteiger partial charge on any atom is 0.281 e. The monoisotopic (exact) mass is 454 g/mol. The largest absolute Gasteiger partial charge is 0.342 e. The van der Waals surface area contributed by atoms with Crippen molar-refractivity contribution < 1.29 is 4.79 Å². The van der Waals surface area contributed by atoms with Gasteiger partial charge in [-0.2, -0.15) is 0 Å². The first-order valence-corrected chi connectivity index (χ1v) is 11.8. The van der Waals surface area contributed by atoms with Gasteiger partial charge in [-0.1, -0.05) is 54.3 Å². The summed E-state index contributed by atoms with van der Waals surface area (Å²) in [5, 5.41) is 8.81. The van der Waals surface area contributed by atoms with E-state index in [1.54, 1.807) is 4.68 Å². The Hall–Kier alpha value is -2.74. The lowest BCUT2D eigenvalue weighted by molar-refractivity contribution is -0.137. The van der Waals surface area contributed by atoms with Crippen LogP contribution in [0.1, 0.15) is 62.3 Å². The Kier molecular flexibility index (Phi) is 5.95. The van der Waals surface area contributed by atoms with Gasteiger partial charge in [-0.05, 0) is 37.3 Å². The second-order valence-corrected chi connectivity index (χ2v) is 9.33. The smallest absolute Gasteiger partial charge is 0.281 e. The Morgan fingerprint density at radius 2 is 1.94 bits per heavy atom. The van der Waals surface area contributed by atoms with Crippen LogP contribution in [-0.4, -0.2) is 48.9 Å². The molecule has 0 bridgehead atoms. The van der Waals surface area contributed by atoms with Gasteiger partial charge in [0.15, 0.2) is 11.2 Å². The number of hydrogen-bond acceptors (Lipinski definition) is 5. The number of carbonyl (C=O) groups excluding carboxylic acids is 1. The predicted molar refractivity (Wildman–Crippen MR) is 122 cm³/mol. The van der Waals surface area contributed by atoms with Crippen LogP contribution in [0.2, 0.25) is 5.02 Å². The summed E-state index contributed by atoms with van der Waals surface area (Å²) >= 11 is 6.30. The molecule has 3 heterocycles. The third-order valence-electron chi connectivity index (χ3n) is 6.74. The van der Waals surface area contributed by atoms with Gasteiger partial charge in [0.1, 0.15) is 5.82 Å². The molecule has 1 aromatic carbocycles. The van der Waals surface area contributed by atoms with Crippen molar-refractivity contribution >= 4 is 28.7 Å². The molecule has 0 radical (unpaired) electrons. The van der Waals surface area contributed by atoms with Crippen molar-refractivity contribution in [3.05, 3.63) is 51.0 Å². The minimum atomic E-state index is -0.300. The first kappa shape index (κ1) is 21.1. The fraction of sp³-hybridized carbons (Fsp3) is 0.522. The van der Waals surface area contributed by atoms with Gasteiger partial charge in [0.05, 0.1) is 6.54 Å². The van der Waals surface area contributed by atoms with Gasteiger partial charge in [-0.25, -0.2) is 9.67 Å². The minimum Gasteiger partial charge on any atom is -0.342 e. The molecule has 9 heteroatoms. The molecule has 1 saturated heterocycles. The van der Waals surface area contributed by atoms with Gasteiger partial charge in [0, 0.05) is 29.9 Å². The molecule has 1 N–H and O–H groups in total.